The van der Waals surface area contributed by atoms with Gasteiger partial charge in [-0.2, -0.15) is 8.78 Å². The number of ether oxygens (including phenoxy) is 1. The number of carbonyl (C=O) groups excluding carboxylic acids is 1. The van der Waals surface area contributed by atoms with Crippen LogP contribution in [0.5, 0.6) is 5.75 Å². The maximum Gasteiger partial charge on any atom is 0.387 e. The van der Waals surface area contributed by atoms with E-state index in [4.69, 9.17) is 0 Å². The number of nitrogens with zero attached hydrogens (tertiary/aromatic N) is 3. The molecular weight excluding hydrogens is 469 g/mol. The second kappa shape index (κ2) is 12.7. The number of nitrogens with one attached hydrogen (secondary N) is 1. The second-order valence-electron chi connectivity index (χ2n) is 6.58. The smallest absolute Gasteiger partial charge is 0.387 e. The van der Waals surface area contributed by atoms with Crippen LogP contribution in [0.1, 0.15) is 19.4 Å². The van der Waals surface area contributed by atoms with Crippen molar-refractivity contribution in [2.45, 2.75) is 27.0 Å². The zero-order valence-electron chi connectivity index (χ0n) is 16.4. The zero-order valence-corrected chi connectivity index (χ0v) is 18.7. The van der Waals surface area contributed by atoms with E-state index in [1.165, 1.54) is 17.0 Å². The van der Waals surface area contributed by atoms with Crippen LogP contribution < -0.4 is 10.1 Å². The summed E-state index contributed by atoms with van der Waals surface area (Å²) in [5.74, 6) is 1.07. The van der Waals surface area contributed by atoms with Crippen LogP contribution in [-0.4, -0.2) is 62.5 Å². The molecule has 0 bridgehead atoms. The van der Waals surface area contributed by atoms with Crippen molar-refractivity contribution in [1.29, 1.82) is 0 Å². The quantitative estimate of drug-likeness (QED) is 0.340. The van der Waals surface area contributed by atoms with Crippen LogP contribution in [0.25, 0.3) is 0 Å². The summed E-state index contributed by atoms with van der Waals surface area (Å²) in [6.45, 7) is 2.61. The van der Waals surface area contributed by atoms with Gasteiger partial charge in [0.2, 0.25) is 5.91 Å². The number of alkyl halides is 2. The van der Waals surface area contributed by atoms with Crippen LogP contribution in [-0.2, 0) is 11.3 Å². The fourth-order valence-electron chi connectivity index (χ4n) is 2.02. The summed E-state index contributed by atoms with van der Waals surface area (Å²) < 4.78 is 28.8. The highest BCUT2D eigenvalue weighted by Crippen LogP contribution is 2.15. The molecule has 0 aliphatic carbocycles. The Kier molecular flexibility index (Phi) is 11.9. The van der Waals surface area contributed by atoms with Gasteiger partial charge in [0.25, 0.3) is 0 Å². The molecule has 1 aromatic carbocycles. The number of guanidine groups is 1. The standard InChI is InChI=1S/C18H28F2N4O2.HI/c1-13(2)10-21-18(22-11-16(25)23(3)4)24(5)12-14-6-8-15(9-7-14)26-17(19)20;/h6-9,13,17H,10-12H2,1-5H3,(H,21,22);1H. The molecule has 0 atom stereocenters. The first kappa shape index (κ1) is 25.4. The minimum absolute atomic E-state index is 0. The highest BCUT2D eigenvalue weighted by atomic mass is 127. The van der Waals surface area contributed by atoms with Crippen LogP contribution >= 0.6 is 24.0 Å². The number of amides is 1. The molecule has 0 heterocycles. The Hall–Kier alpha value is -1.65. The fourth-order valence-corrected chi connectivity index (χ4v) is 2.02. The number of carbonyl (C=O) groups is 1. The molecule has 0 radical (unpaired) electrons. The third-order valence-corrected chi connectivity index (χ3v) is 3.46. The Morgan fingerprint density at radius 3 is 2.26 bits per heavy atom. The molecule has 6 nitrogen and oxygen atoms in total. The van der Waals surface area contributed by atoms with Crippen molar-refractivity contribution in [1.82, 2.24) is 15.1 Å². The molecule has 0 saturated heterocycles. The summed E-state index contributed by atoms with van der Waals surface area (Å²) in [4.78, 5) is 19.6. The molecular formula is C18H29F2IN4O2. The fraction of sp³-hybridized carbons (Fsp3) is 0.556. The number of hydrogen-bond donors (Lipinski definition) is 1. The largest absolute Gasteiger partial charge is 0.435 e. The minimum atomic E-state index is -2.84. The molecule has 0 fully saturated rings. The summed E-state index contributed by atoms with van der Waals surface area (Å²) in [6.07, 6.45) is 0. The van der Waals surface area contributed by atoms with E-state index in [0.717, 1.165) is 12.1 Å². The summed E-state index contributed by atoms with van der Waals surface area (Å²) in [5, 5.41) is 3.25. The summed E-state index contributed by atoms with van der Waals surface area (Å²) in [6, 6.07) is 6.45. The summed E-state index contributed by atoms with van der Waals surface area (Å²) in [7, 11) is 5.23. The lowest BCUT2D eigenvalue weighted by Gasteiger charge is -2.23. The van der Waals surface area contributed by atoms with E-state index >= 15 is 0 Å². The number of rotatable bonds is 8. The van der Waals surface area contributed by atoms with E-state index in [0.29, 0.717) is 18.4 Å². The first-order valence-electron chi connectivity index (χ1n) is 8.42. The average Bonchev–Trinajstić information content (AvgIpc) is 2.55. The van der Waals surface area contributed by atoms with Gasteiger partial charge in [0, 0.05) is 34.2 Å². The molecule has 0 unspecified atom stereocenters. The molecule has 1 N–H and O–H groups in total. The average molecular weight is 498 g/mol. The van der Waals surface area contributed by atoms with Crippen molar-refractivity contribution in [3.8, 4) is 5.75 Å². The van der Waals surface area contributed by atoms with Crippen molar-refractivity contribution in [2.24, 2.45) is 10.9 Å². The van der Waals surface area contributed by atoms with Gasteiger partial charge in [-0.3, -0.25) is 4.79 Å². The van der Waals surface area contributed by atoms with Gasteiger partial charge in [-0.05, 0) is 23.6 Å². The maximum absolute atomic E-state index is 12.2. The van der Waals surface area contributed by atoms with E-state index in [1.54, 1.807) is 26.2 Å². The van der Waals surface area contributed by atoms with Crippen LogP contribution in [0.3, 0.4) is 0 Å². The van der Waals surface area contributed by atoms with E-state index in [1.807, 2.05) is 11.9 Å². The predicted octanol–water partition coefficient (Wildman–Crippen LogP) is 3.03. The number of halogens is 3. The van der Waals surface area contributed by atoms with E-state index in [2.05, 4.69) is 28.9 Å². The first-order valence-corrected chi connectivity index (χ1v) is 8.42. The molecule has 0 saturated carbocycles. The van der Waals surface area contributed by atoms with Gasteiger partial charge in [-0.15, -0.1) is 24.0 Å². The number of aliphatic imine (C=N–C) groups is 1. The lowest BCUT2D eigenvalue weighted by Crippen LogP contribution is -2.41. The lowest BCUT2D eigenvalue weighted by molar-refractivity contribution is -0.127. The lowest BCUT2D eigenvalue weighted by atomic mass is 10.2. The minimum Gasteiger partial charge on any atom is -0.435 e. The Bertz CT molecular complexity index is 596. The Balaban J connectivity index is 0.00000676. The summed E-state index contributed by atoms with van der Waals surface area (Å²) in [5.41, 5.74) is 0.909. The Labute approximate surface area is 177 Å². The number of benzene rings is 1. The molecule has 1 amide bonds. The Morgan fingerprint density at radius 1 is 1.19 bits per heavy atom. The highest BCUT2D eigenvalue weighted by Gasteiger charge is 2.11. The van der Waals surface area contributed by atoms with Crippen molar-refractivity contribution in [3.63, 3.8) is 0 Å². The summed E-state index contributed by atoms with van der Waals surface area (Å²) >= 11 is 0. The van der Waals surface area contributed by atoms with Gasteiger partial charge in [0.05, 0.1) is 0 Å². The molecule has 1 aromatic rings. The predicted molar refractivity (Wildman–Crippen MR) is 114 cm³/mol. The Morgan fingerprint density at radius 2 is 1.78 bits per heavy atom. The zero-order chi connectivity index (χ0) is 19.7. The van der Waals surface area contributed by atoms with E-state index in [9.17, 15) is 13.6 Å². The van der Waals surface area contributed by atoms with Crippen molar-refractivity contribution >= 4 is 35.8 Å². The number of hydrogen-bond acceptors (Lipinski definition) is 3. The van der Waals surface area contributed by atoms with Crippen molar-refractivity contribution in [3.05, 3.63) is 29.8 Å². The van der Waals surface area contributed by atoms with Gasteiger partial charge < -0.3 is 19.9 Å². The van der Waals surface area contributed by atoms with Gasteiger partial charge in [0.1, 0.15) is 12.3 Å². The molecule has 0 aromatic heterocycles. The van der Waals surface area contributed by atoms with Gasteiger partial charge >= 0.3 is 6.61 Å². The molecule has 0 aliphatic heterocycles. The third kappa shape index (κ3) is 10.3. The molecule has 0 spiro atoms. The first-order chi connectivity index (χ1) is 12.2. The number of likely N-dealkylation sites (N-methyl/N-ethyl adjacent to an activating group) is 1. The van der Waals surface area contributed by atoms with Crippen LogP contribution in [0.2, 0.25) is 0 Å². The maximum atomic E-state index is 12.2. The molecule has 27 heavy (non-hydrogen) atoms. The van der Waals surface area contributed by atoms with Gasteiger partial charge in [0.15, 0.2) is 5.96 Å². The van der Waals surface area contributed by atoms with Gasteiger partial charge in [-0.25, -0.2) is 4.99 Å². The second-order valence-corrected chi connectivity index (χ2v) is 6.58. The molecule has 154 valence electrons. The molecule has 9 heteroatoms. The SMILES string of the molecule is CC(C)CNC(=NCC(=O)N(C)C)N(C)Cc1ccc(OC(F)F)cc1.I. The molecule has 1 rings (SSSR count). The third-order valence-electron chi connectivity index (χ3n) is 3.46. The topological polar surface area (TPSA) is 57.2 Å². The molecule has 0 aliphatic rings. The normalized spacial score (nSPS) is 11.2. The van der Waals surface area contributed by atoms with Crippen molar-refractivity contribution < 1.29 is 18.3 Å². The van der Waals surface area contributed by atoms with Crippen LogP contribution in [0.15, 0.2) is 29.3 Å². The van der Waals surface area contributed by atoms with Crippen LogP contribution in [0.4, 0.5) is 8.78 Å². The van der Waals surface area contributed by atoms with Crippen LogP contribution in [0, 0.1) is 5.92 Å². The highest BCUT2D eigenvalue weighted by molar-refractivity contribution is 14.0. The monoisotopic (exact) mass is 498 g/mol. The van der Waals surface area contributed by atoms with Gasteiger partial charge in [-0.1, -0.05) is 26.0 Å². The van der Waals surface area contributed by atoms with Crippen molar-refractivity contribution in [2.75, 3.05) is 34.2 Å². The van der Waals surface area contributed by atoms with E-state index in [-0.39, 0.29) is 42.2 Å². The van der Waals surface area contributed by atoms with E-state index < -0.39 is 6.61 Å².